The lowest BCUT2D eigenvalue weighted by molar-refractivity contribution is -0.148. The lowest BCUT2D eigenvalue weighted by Gasteiger charge is -2.38. The number of hydrogen-bond acceptors (Lipinski definition) is 12. The van der Waals surface area contributed by atoms with E-state index in [-0.39, 0.29) is 19.2 Å². The minimum absolute atomic E-state index is 0.00100. The van der Waals surface area contributed by atoms with Gasteiger partial charge in [-0.15, -0.1) is 23.5 Å². The Kier molecular flexibility index (Phi) is 11.3. The molecule has 2 heterocycles. The standard InChI is InChI=1S/C18H18N2O3S.C17H17NO5S/c1-2-22-17(21)18(7-3-8-18)24-16-6-10-20-15-5-4-13(12-14(15)16)23-11-9-19;1-22-15(19)10-23-11-3-4-13-12(9-11)14(5-8-18-13)24-17(16(20)21)6-2-7-17/h4-6,10,12H,2-3,7-8,11H2,1H3;3-5,8-9H,2,6-7,10H2,1H3,(H,20,21). The van der Waals surface area contributed by atoms with E-state index in [9.17, 15) is 19.5 Å². The molecule has 0 atom stereocenters. The zero-order valence-electron chi connectivity index (χ0n) is 26.6. The SMILES string of the molecule is CCOC(=O)C1(Sc2ccnc3ccc(OCC#N)cc23)CCC1.COC(=O)COc1ccc2nccc(SC3(C(=O)O)CCC3)c2c1. The zero-order chi connectivity index (χ0) is 34.1. The average molecular weight is 690 g/mol. The summed E-state index contributed by atoms with van der Waals surface area (Å²) in [5.74, 6) is -0.237. The summed E-state index contributed by atoms with van der Waals surface area (Å²) in [6.07, 6.45) is 8.35. The smallest absolute Gasteiger partial charge is 0.343 e. The molecule has 0 amide bonds. The van der Waals surface area contributed by atoms with E-state index < -0.39 is 21.4 Å². The van der Waals surface area contributed by atoms with Crippen molar-refractivity contribution in [3.8, 4) is 17.6 Å². The number of thioether (sulfide) groups is 2. The summed E-state index contributed by atoms with van der Waals surface area (Å²) >= 11 is 2.92. The molecular weight excluding hydrogens is 655 g/mol. The Labute approximate surface area is 286 Å². The zero-order valence-corrected chi connectivity index (χ0v) is 28.2. The van der Waals surface area contributed by atoms with Gasteiger partial charge in [-0.05, 0) is 94.0 Å². The van der Waals surface area contributed by atoms with E-state index >= 15 is 0 Å². The van der Waals surface area contributed by atoms with E-state index in [0.29, 0.717) is 30.9 Å². The van der Waals surface area contributed by atoms with E-state index in [1.807, 2.05) is 37.3 Å². The number of pyridine rings is 2. The van der Waals surface area contributed by atoms with Crippen molar-refractivity contribution in [2.45, 2.75) is 64.7 Å². The Morgan fingerprint density at radius 2 is 1.40 bits per heavy atom. The predicted octanol–water partition coefficient (Wildman–Crippen LogP) is 6.60. The van der Waals surface area contributed by atoms with Crippen LogP contribution in [0.15, 0.2) is 70.7 Å². The quantitative estimate of drug-likeness (QED) is 0.159. The normalized spacial score (nSPS) is 15.4. The van der Waals surface area contributed by atoms with Crippen LogP contribution in [0.5, 0.6) is 11.5 Å². The van der Waals surface area contributed by atoms with Crippen LogP contribution in [-0.2, 0) is 23.9 Å². The summed E-state index contributed by atoms with van der Waals surface area (Å²) in [5, 5.41) is 19.9. The highest BCUT2D eigenvalue weighted by Crippen LogP contribution is 2.51. The number of carboxylic acids is 1. The fraction of sp³-hybridized carbons (Fsp3) is 0.371. The van der Waals surface area contributed by atoms with E-state index in [2.05, 4.69) is 14.7 Å². The number of fused-ring (bicyclic) bond motifs is 2. The maximum atomic E-state index is 12.4. The predicted molar refractivity (Wildman–Crippen MR) is 181 cm³/mol. The maximum absolute atomic E-state index is 12.4. The minimum atomic E-state index is -0.776. The lowest BCUT2D eigenvalue weighted by Crippen LogP contribution is -2.43. The number of methoxy groups -OCH3 is 1. The highest BCUT2D eigenvalue weighted by molar-refractivity contribution is 8.02. The molecule has 0 bridgehead atoms. The second-order valence-corrected chi connectivity index (χ2v) is 14.1. The molecule has 2 aliphatic carbocycles. The molecule has 6 rings (SSSR count). The van der Waals surface area contributed by atoms with E-state index in [4.69, 9.17) is 19.5 Å². The Morgan fingerprint density at radius 3 is 1.85 bits per heavy atom. The van der Waals surface area contributed by atoms with Crippen molar-refractivity contribution in [3.63, 3.8) is 0 Å². The van der Waals surface area contributed by atoms with E-state index in [1.165, 1.54) is 18.9 Å². The molecule has 4 aromatic rings. The lowest BCUT2D eigenvalue weighted by atomic mass is 9.84. The number of carboxylic acid groups (broad SMARTS) is 1. The number of benzene rings is 2. The first-order chi connectivity index (χ1) is 23.2. The number of rotatable bonds is 12. The molecule has 250 valence electrons. The van der Waals surface area contributed by atoms with Gasteiger partial charge in [-0.2, -0.15) is 5.26 Å². The number of carbonyl (C=O) groups excluding carboxylic acids is 2. The van der Waals surface area contributed by atoms with Gasteiger partial charge in [0.05, 0.1) is 24.8 Å². The Morgan fingerprint density at radius 1 is 0.854 bits per heavy atom. The summed E-state index contributed by atoms with van der Waals surface area (Å²) in [4.78, 5) is 45.7. The van der Waals surface area contributed by atoms with Crippen LogP contribution in [0, 0.1) is 11.3 Å². The van der Waals surface area contributed by atoms with Gasteiger partial charge in [0, 0.05) is 33.0 Å². The van der Waals surface area contributed by atoms with Crippen molar-refractivity contribution in [2.24, 2.45) is 0 Å². The number of hydrogen-bond donors (Lipinski definition) is 1. The summed E-state index contributed by atoms with van der Waals surface area (Å²) in [6, 6.07) is 16.5. The molecule has 0 radical (unpaired) electrons. The van der Waals surface area contributed by atoms with E-state index in [0.717, 1.165) is 57.3 Å². The maximum Gasteiger partial charge on any atom is 0.343 e. The van der Waals surface area contributed by atoms with Crippen LogP contribution in [0.2, 0.25) is 0 Å². The molecule has 48 heavy (non-hydrogen) atoms. The third kappa shape index (κ3) is 7.77. The number of nitriles is 1. The number of nitrogens with zero attached hydrogens (tertiary/aromatic N) is 3. The third-order valence-corrected chi connectivity index (χ3v) is 11.3. The van der Waals surface area contributed by atoms with Gasteiger partial charge in [0.2, 0.25) is 0 Å². The molecule has 2 fully saturated rings. The van der Waals surface area contributed by atoms with Gasteiger partial charge < -0.3 is 24.1 Å². The molecule has 1 N–H and O–H groups in total. The van der Waals surface area contributed by atoms with Gasteiger partial charge in [0.15, 0.2) is 13.2 Å². The summed E-state index contributed by atoms with van der Waals surface area (Å²) in [6.45, 7) is 2.05. The second kappa shape index (κ2) is 15.6. The fourth-order valence-corrected chi connectivity index (χ4v) is 8.12. The van der Waals surface area contributed by atoms with Crippen molar-refractivity contribution in [3.05, 3.63) is 60.9 Å². The molecule has 2 aromatic carbocycles. The molecule has 13 heteroatoms. The van der Waals surface area contributed by atoms with E-state index in [1.54, 1.807) is 48.4 Å². The van der Waals surface area contributed by atoms with Crippen LogP contribution in [0.25, 0.3) is 21.8 Å². The summed E-state index contributed by atoms with van der Waals surface area (Å²) in [7, 11) is 1.30. The molecule has 2 aliphatic rings. The Bertz CT molecular complexity index is 1850. The topological polar surface area (TPSA) is 158 Å². The van der Waals surface area contributed by atoms with Crippen LogP contribution in [-0.4, -0.2) is 69.4 Å². The average Bonchev–Trinajstić information content (AvgIpc) is 3.06. The van der Waals surface area contributed by atoms with Crippen LogP contribution >= 0.6 is 23.5 Å². The van der Waals surface area contributed by atoms with Crippen LogP contribution in [0.3, 0.4) is 0 Å². The number of aliphatic carboxylic acids is 1. The number of esters is 2. The van der Waals surface area contributed by atoms with Gasteiger partial charge in [-0.1, -0.05) is 0 Å². The fourth-order valence-electron chi connectivity index (χ4n) is 5.26. The Hall–Kier alpha value is -4.54. The summed E-state index contributed by atoms with van der Waals surface area (Å²) in [5.41, 5.74) is 1.59. The molecular formula is C35H35N3O8S2. The highest BCUT2D eigenvalue weighted by Gasteiger charge is 2.47. The van der Waals surface area contributed by atoms with Crippen molar-refractivity contribution >= 4 is 63.2 Å². The van der Waals surface area contributed by atoms with Crippen molar-refractivity contribution in [1.29, 1.82) is 5.26 Å². The first-order valence-electron chi connectivity index (χ1n) is 15.5. The van der Waals surface area contributed by atoms with Gasteiger partial charge in [-0.25, -0.2) is 4.79 Å². The molecule has 2 saturated carbocycles. The van der Waals surface area contributed by atoms with Crippen molar-refractivity contribution in [1.82, 2.24) is 9.97 Å². The molecule has 11 nitrogen and oxygen atoms in total. The van der Waals surface area contributed by atoms with Crippen molar-refractivity contribution in [2.75, 3.05) is 26.9 Å². The Balaban J connectivity index is 0.000000188. The van der Waals surface area contributed by atoms with Crippen LogP contribution in [0.1, 0.15) is 45.4 Å². The molecule has 2 aromatic heterocycles. The third-order valence-electron chi connectivity index (χ3n) is 8.20. The number of aromatic nitrogens is 2. The molecule has 0 saturated heterocycles. The first kappa shape index (κ1) is 34.8. The van der Waals surface area contributed by atoms with Gasteiger partial charge in [0.1, 0.15) is 27.1 Å². The summed E-state index contributed by atoms with van der Waals surface area (Å²) < 4.78 is 19.4. The monoisotopic (exact) mass is 689 g/mol. The van der Waals surface area contributed by atoms with Crippen molar-refractivity contribution < 1.29 is 38.4 Å². The second-order valence-electron chi connectivity index (χ2n) is 11.2. The van der Waals surface area contributed by atoms with Gasteiger partial charge >= 0.3 is 17.9 Å². The molecule has 0 spiro atoms. The number of ether oxygens (including phenoxy) is 4. The highest BCUT2D eigenvalue weighted by atomic mass is 32.2. The van der Waals surface area contributed by atoms with Crippen LogP contribution in [0.4, 0.5) is 0 Å². The first-order valence-corrected chi connectivity index (χ1v) is 17.1. The molecule has 0 unspecified atom stereocenters. The number of carbonyl (C=O) groups is 3. The van der Waals surface area contributed by atoms with Gasteiger partial charge in [0.25, 0.3) is 0 Å². The minimum Gasteiger partial charge on any atom is -0.482 e. The van der Waals surface area contributed by atoms with Crippen LogP contribution < -0.4 is 9.47 Å². The molecule has 0 aliphatic heterocycles. The largest absolute Gasteiger partial charge is 0.482 e. The van der Waals surface area contributed by atoms with Gasteiger partial charge in [-0.3, -0.25) is 19.6 Å².